The summed E-state index contributed by atoms with van der Waals surface area (Å²) < 4.78 is 41.0. The Balaban J connectivity index is 1.78. The van der Waals surface area contributed by atoms with Crippen molar-refractivity contribution in [3.8, 4) is 17.1 Å². The van der Waals surface area contributed by atoms with Crippen molar-refractivity contribution in [1.82, 2.24) is 9.97 Å². The van der Waals surface area contributed by atoms with Gasteiger partial charge in [-0.25, -0.2) is 4.98 Å². The first-order valence-corrected chi connectivity index (χ1v) is 7.71. The Morgan fingerprint density at radius 3 is 2.60 bits per heavy atom. The number of H-pyrrole nitrogens is 1. The van der Waals surface area contributed by atoms with Crippen LogP contribution < -0.4 is 4.74 Å². The molecule has 0 amide bonds. The average Bonchev–Trinajstić information content (AvgIpc) is 2.97. The van der Waals surface area contributed by atoms with Gasteiger partial charge >= 0.3 is 6.36 Å². The zero-order chi connectivity index (χ0) is 17.6. The highest BCUT2D eigenvalue weighted by molar-refractivity contribution is 6.35. The SMILES string of the molecule is FC(F)(F)Oc1ccc2[nH]c(-c3ccc4cccc(Cl)c4n3)cc2c1. The van der Waals surface area contributed by atoms with Crippen molar-refractivity contribution in [2.24, 2.45) is 0 Å². The fourth-order valence-electron chi connectivity index (χ4n) is 2.71. The molecule has 0 unspecified atom stereocenters. The molecular weight excluding hydrogens is 353 g/mol. The van der Waals surface area contributed by atoms with Crippen LogP contribution in [0.1, 0.15) is 0 Å². The summed E-state index contributed by atoms with van der Waals surface area (Å²) in [6.45, 7) is 0. The number of hydrogen-bond acceptors (Lipinski definition) is 2. The van der Waals surface area contributed by atoms with Crippen LogP contribution in [0.5, 0.6) is 5.75 Å². The van der Waals surface area contributed by atoms with Gasteiger partial charge in [0.15, 0.2) is 0 Å². The van der Waals surface area contributed by atoms with Gasteiger partial charge in [-0.2, -0.15) is 0 Å². The van der Waals surface area contributed by atoms with Crippen molar-refractivity contribution >= 4 is 33.4 Å². The quantitative estimate of drug-likeness (QED) is 0.479. The Morgan fingerprint density at radius 2 is 1.80 bits per heavy atom. The minimum absolute atomic E-state index is 0.264. The zero-order valence-electron chi connectivity index (χ0n) is 12.6. The molecule has 0 aliphatic rings. The van der Waals surface area contributed by atoms with E-state index in [1.165, 1.54) is 18.2 Å². The van der Waals surface area contributed by atoms with E-state index in [0.29, 0.717) is 32.8 Å². The maximum Gasteiger partial charge on any atom is 0.573 e. The number of hydrogen-bond donors (Lipinski definition) is 1. The fourth-order valence-corrected chi connectivity index (χ4v) is 2.93. The van der Waals surface area contributed by atoms with Crippen LogP contribution in [0.15, 0.2) is 54.6 Å². The van der Waals surface area contributed by atoms with E-state index in [-0.39, 0.29) is 5.75 Å². The molecule has 0 saturated carbocycles. The number of alkyl halides is 3. The number of nitrogens with one attached hydrogen (secondary N) is 1. The maximum atomic E-state index is 12.3. The molecule has 0 fully saturated rings. The van der Waals surface area contributed by atoms with Crippen LogP contribution in [0.25, 0.3) is 33.2 Å². The first kappa shape index (κ1) is 15.8. The summed E-state index contributed by atoms with van der Waals surface area (Å²) in [5.41, 5.74) is 2.68. The summed E-state index contributed by atoms with van der Waals surface area (Å²) in [6, 6.07) is 15.1. The summed E-state index contributed by atoms with van der Waals surface area (Å²) in [5.74, 6) is -0.264. The van der Waals surface area contributed by atoms with Crippen LogP contribution in [0.3, 0.4) is 0 Å². The number of aromatic amines is 1. The minimum Gasteiger partial charge on any atom is -0.406 e. The predicted octanol–water partition coefficient (Wildman–Crippen LogP) is 5.94. The number of halogens is 4. The molecule has 0 spiro atoms. The Kier molecular flexibility index (Phi) is 3.58. The molecule has 4 rings (SSSR count). The predicted molar refractivity (Wildman–Crippen MR) is 90.7 cm³/mol. The van der Waals surface area contributed by atoms with Crippen LogP contribution in [-0.4, -0.2) is 16.3 Å². The molecule has 1 N–H and O–H groups in total. The summed E-state index contributed by atoms with van der Waals surface area (Å²) in [7, 11) is 0. The van der Waals surface area contributed by atoms with Gasteiger partial charge in [-0.05, 0) is 36.4 Å². The summed E-state index contributed by atoms with van der Waals surface area (Å²) >= 11 is 6.18. The van der Waals surface area contributed by atoms with E-state index in [4.69, 9.17) is 11.6 Å². The third-order valence-corrected chi connectivity index (χ3v) is 4.08. The molecule has 7 heteroatoms. The molecule has 0 radical (unpaired) electrons. The lowest BCUT2D eigenvalue weighted by Crippen LogP contribution is -2.16. The number of fused-ring (bicyclic) bond motifs is 2. The van der Waals surface area contributed by atoms with E-state index in [1.54, 1.807) is 12.1 Å². The first-order valence-electron chi connectivity index (χ1n) is 7.33. The molecule has 4 aromatic rings. The van der Waals surface area contributed by atoms with Crippen LogP contribution >= 0.6 is 11.6 Å². The van der Waals surface area contributed by atoms with E-state index in [1.807, 2.05) is 24.3 Å². The highest BCUT2D eigenvalue weighted by atomic mass is 35.5. The molecule has 0 bridgehead atoms. The van der Waals surface area contributed by atoms with Gasteiger partial charge in [0, 0.05) is 16.3 Å². The lowest BCUT2D eigenvalue weighted by molar-refractivity contribution is -0.274. The normalized spacial score (nSPS) is 12.0. The number of benzene rings is 2. The van der Waals surface area contributed by atoms with E-state index >= 15 is 0 Å². The second kappa shape index (κ2) is 5.67. The van der Waals surface area contributed by atoms with Gasteiger partial charge in [0.05, 0.1) is 21.9 Å². The molecule has 3 nitrogen and oxygen atoms in total. The molecule has 126 valence electrons. The van der Waals surface area contributed by atoms with Crippen LogP contribution in [0.4, 0.5) is 13.2 Å². The highest BCUT2D eigenvalue weighted by Crippen LogP contribution is 2.30. The van der Waals surface area contributed by atoms with E-state index in [0.717, 1.165) is 5.39 Å². The number of pyridine rings is 1. The van der Waals surface area contributed by atoms with E-state index < -0.39 is 6.36 Å². The molecule has 2 aromatic carbocycles. The van der Waals surface area contributed by atoms with Crippen molar-refractivity contribution in [3.05, 3.63) is 59.6 Å². The molecule has 2 heterocycles. The van der Waals surface area contributed by atoms with Crippen molar-refractivity contribution in [2.75, 3.05) is 0 Å². The average molecular weight is 363 g/mol. The van der Waals surface area contributed by atoms with Crippen molar-refractivity contribution in [3.63, 3.8) is 0 Å². The van der Waals surface area contributed by atoms with Crippen molar-refractivity contribution in [1.29, 1.82) is 0 Å². The second-order valence-corrected chi connectivity index (χ2v) is 5.90. The highest BCUT2D eigenvalue weighted by Gasteiger charge is 2.31. The minimum atomic E-state index is -4.72. The monoisotopic (exact) mass is 362 g/mol. The number of ether oxygens (including phenoxy) is 1. The number of para-hydroxylation sites is 1. The Morgan fingerprint density at radius 1 is 0.960 bits per heavy atom. The topological polar surface area (TPSA) is 37.9 Å². The lowest BCUT2D eigenvalue weighted by atomic mass is 10.1. The molecule has 25 heavy (non-hydrogen) atoms. The van der Waals surface area contributed by atoms with E-state index in [9.17, 15) is 13.2 Å². The smallest absolute Gasteiger partial charge is 0.406 e. The molecule has 0 saturated heterocycles. The van der Waals surface area contributed by atoms with E-state index in [2.05, 4.69) is 14.7 Å². The van der Waals surface area contributed by atoms with Crippen LogP contribution in [0, 0.1) is 0 Å². The molecule has 2 aromatic heterocycles. The third-order valence-electron chi connectivity index (χ3n) is 3.77. The molecule has 0 atom stereocenters. The van der Waals surface area contributed by atoms with Gasteiger partial charge in [0.2, 0.25) is 0 Å². The zero-order valence-corrected chi connectivity index (χ0v) is 13.3. The molecular formula is C18H10ClF3N2O. The summed E-state index contributed by atoms with van der Waals surface area (Å²) in [5, 5.41) is 2.04. The Bertz CT molecular complexity index is 1090. The summed E-state index contributed by atoms with van der Waals surface area (Å²) in [6.07, 6.45) is -4.72. The Hall–Kier alpha value is -2.73. The lowest BCUT2D eigenvalue weighted by Gasteiger charge is -2.08. The van der Waals surface area contributed by atoms with Gasteiger partial charge in [0.1, 0.15) is 5.75 Å². The van der Waals surface area contributed by atoms with Crippen molar-refractivity contribution < 1.29 is 17.9 Å². The van der Waals surface area contributed by atoms with Gasteiger partial charge in [-0.15, -0.1) is 13.2 Å². The third kappa shape index (κ3) is 3.13. The number of aromatic nitrogens is 2. The second-order valence-electron chi connectivity index (χ2n) is 5.49. The largest absolute Gasteiger partial charge is 0.573 e. The fraction of sp³-hybridized carbons (Fsp3) is 0.0556. The van der Waals surface area contributed by atoms with Gasteiger partial charge in [0.25, 0.3) is 0 Å². The van der Waals surface area contributed by atoms with Crippen molar-refractivity contribution in [2.45, 2.75) is 6.36 Å². The summed E-state index contributed by atoms with van der Waals surface area (Å²) in [4.78, 5) is 7.69. The standard InChI is InChI=1S/C18H10ClF3N2O/c19-13-3-1-2-10-4-6-15(24-17(10)13)16-9-11-8-12(25-18(20,21)22)5-7-14(11)23-16/h1-9,23H. The Labute approximate surface area is 145 Å². The van der Waals surface area contributed by atoms with Gasteiger partial charge < -0.3 is 9.72 Å². The van der Waals surface area contributed by atoms with Gasteiger partial charge in [-0.3, -0.25) is 0 Å². The van der Waals surface area contributed by atoms with Crippen LogP contribution in [0.2, 0.25) is 5.02 Å². The number of rotatable bonds is 2. The van der Waals surface area contributed by atoms with Gasteiger partial charge in [-0.1, -0.05) is 29.8 Å². The molecule has 0 aliphatic heterocycles. The first-order chi connectivity index (χ1) is 11.9. The van der Waals surface area contributed by atoms with Crippen LogP contribution in [-0.2, 0) is 0 Å². The molecule has 0 aliphatic carbocycles. The number of nitrogens with zero attached hydrogens (tertiary/aromatic N) is 1. The maximum absolute atomic E-state index is 12.3.